The molecule has 0 aromatic heterocycles. The Morgan fingerprint density at radius 1 is 0.780 bits per heavy atom. The highest BCUT2D eigenvalue weighted by molar-refractivity contribution is 8.00. The van der Waals surface area contributed by atoms with Crippen LogP contribution in [0.1, 0.15) is 24.5 Å². The minimum atomic E-state index is -0.341. The maximum absolute atomic E-state index is 12.5. The summed E-state index contributed by atoms with van der Waals surface area (Å²) in [7, 11) is 4.44. The molecule has 0 saturated heterocycles. The molecule has 0 spiro atoms. The highest BCUT2D eigenvalue weighted by Crippen LogP contribution is 2.40. The van der Waals surface area contributed by atoms with Crippen molar-refractivity contribution in [1.29, 1.82) is 0 Å². The number of nitrogens with zero attached hydrogens (tertiary/aromatic N) is 2. The van der Waals surface area contributed by atoms with Crippen molar-refractivity contribution in [1.82, 2.24) is 0 Å². The van der Waals surface area contributed by atoms with Crippen LogP contribution in [0, 0.1) is 6.92 Å². The van der Waals surface area contributed by atoms with Crippen molar-refractivity contribution < 1.29 is 23.8 Å². The predicted molar refractivity (Wildman–Crippen MR) is 166 cm³/mol. The van der Waals surface area contributed by atoms with Crippen LogP contribution >= 0.6 is 11.9 Å². The number of esters is 2. The third-order valence-electron chi connectivity index (χ3n) is 6.93. The van der Waals surface area contributed by atoms with Crippen LogP contribution in [-0.2, 0) is 25.6 Å². The second-order valence-electron chi connectivity index (χ2n) is 9.77. The van der Waals surface area contributed by atoms with Gasteiger partial charge in [0.2, 0.25) is 0 Å². The van der Waals surface area contributed by atoms with Crippen molar-refractivity contribution in [2.75, 3.05) is 37.1 Å². The number of anilines is 2. The molecule has 0 saturated carbocycles. The first-order valence-corrected chi connectivity index (χ1v) is 14.2. The highest BCUT2D eigenvalue weighted by Gasteiger charge is 2.23. The third kappa shape index (κ3) is 7.52. The molecule has 4 rings (SSSR count). The van der Waals surface area contributed by atoms with E-state index in [1.165, 1.54) is 31.7 Å². The largest absolute Gasteiger partial charge is 0.497 e. The topological polar surface area (TPSA) is 68.3 Å². The molecule has 0 aliphatic heterocycles. The molecule has 41 heavy (non-hydrogen) atoms. The van der Waals surface area contributed by atoms with Gasteiger partial charge in [0.05, 0.1) is 33.4 Å². The molecule has 0 aliphatic rings. The smallest absolute Gasteiger partial charge is 0.326 e. The first kappa shape index (κ1) is 29.8. The standard InChI is InChI=1S/C33H36N2O5S/c1-23-10-12-25(13-11-23)21-34(24(2)20-32(36)39-4)30-18-19-31(29-9-7-6-8-28(29)30)35(22-33(37)40-5)41-27-16-14-26(38-3)15-17-27/h6-19,24H,20-22H2,1-5H3/t24-/m0/s1. The Bertz CT molecular complexity index is 1470. The van der Waals surface area contributed by atoms with Gasteiger partial charge in [0.1, 0.15) is 12.3 Å². The van der Waals surface area contributed by atoms with Gasteiger partial charge in [-0.25, -0.2) is 0 Å². The van der Waals surface area contributed by atoms with E-state index in [0.717, 1.165) is 38.4 Å². The molecule has 1 atom stereocenters. The van der Waals surface area contributed by atoms with Gasteiger partial charge in [-0.1, -0.05) is 54.1 Å². The van der Waals surface area contributed by atoms with Crippen LogP contribution in [0.3, 0.4) is 0 Å². The zero-order valence-corrected chi connectivity index (χ0v) is 24.9. The Labute approximate surface area is 246 Å². The Hall–Kier alpha value is -4.17. The van der Waals surface area contributed by atoms with Crippen LogP contribution in [0.5, 0.6) is 5.75 Å². The van der Waals surface area contributed by atoms with Crippen LogP contribution < -0.4 is 13.9 Å². The monoisotopic (exact) mass is 572 g/mol. The number of ether oxygens (including phenoxy) is 3. The second kappa shape index (κ2) is 13.9. The number of fused-ring (bicyclic) bond motifs is 1. The molecule has 8 heteroatoms. The van der Waals surface area contributed by atoms with Crippen LogP contribution in [0.4, 0.5) is 11.4 Å². The van der Waals surface area contributed by atoms with E-state index in [4.69, 9.17) is 14.2 Å². The Balaban J connectivity index is 1.79. The van der Waals surface area contributed by atoms with Gasteiger partial charge in [0.15, 0.2) is 0 Å². The van der Waals surface area contributed by atoms with Crippen molar-refractivity contribution in [3.05, 3.63) is 96.1 Å². The second-order valence-corrected chi connectivity index (χ2v) is 10.9. The van der Waals surface area contributed by atoms with E-state index in [0.29, 0.717) is 6.54 Å². The summed E-state index contributed by atoms with van der Waals surface area (Å²) < 4.78 is 17.3. The lowest BCUT2D eigenvalue weighted by Gasteiger charge is -2.33. The number of aryl methyl sites for hydroxylation is 1. The molecule has 0 aliphatic carbocycles. The van der Waals surface area contributed by atoms with Crippen LogP contribution in [-0.4, -0.2) is 45.9 Å². The van der Waals surface area contributed by atoms with E-state index in [1.807, 2.05) is 53.7 Å². The fourth-order valence-electron chi connectivity index (χ4n) is 4.65. The third-order valence-corrected chi connectivity index (χ3v) is 7.96. The van der Waals surface area contributed by atoms with Gasteiger partial charge in [-0.05, 0) is 67.8 Å². The zero-order chi connectivity index (χ0) is 29.4. The first-order valence-electron chi connectivity index (χ1n) is 13.4. The van der Waals surface area contributed by atoms with Crippen molar-refractivity contribution in [3.63, 3.8) is 0 Å². The number of carbonyl (C=O) groups excluding carboxylic acids is 2. The maximum Gasteiger partial charge on any atom is 0.326 e. The fourth-order valence-corrected chi connectivity index (χ4v) is 5.59. The maximum atomic E-state index is 12.5. The van der Waals surface area contributed by atoms with Gasteiger partial charge in [-0.2, -0.15) is 0 Å². The molecule has 7 nitrogen and oxygen atoms in total. The SMILES string of the molecule is COC(=O)C[C@H](C)N(Cc1ccc(C)cc1)c1ccc(N(CC(=O)OC)Sc2ccc(OC)cc2)c2ccccc12. The van der Waals surface area contributed by atoms with E-state index in [1.54, 1.807) is 7.11 Å². The molecule has 0 bridgehead atoms. The van der Waals surface area contributed by atoms with Gasteiger partial charge in [0, 0.05) is 33.9 Å². The lowest BCUT2D eigenvalue weighted by Crippen LogP contribution is -2.35. The number of methoxy groups -OCH3 is 3. The van der Waals surface area contributed by atoms with Gasteiger partial charge in [-0.3, -0.25) is 9.59 Å². The quantitative estimate of drug-likeness (QED) is 0.136. The highest BCUT2D eigenvalue weighted by atomic mass is 32.2. The summed E-state index contributed by atoms with van der Waals surface area (Å²) >= 11 is 1.46. The lowest BCUT2D eigenvalue weighted by molar-refractivity contribution is -0.141. The fraction of sp³-hybridized carbons (Fsp3) is 0.273. The average Bonchev–Trinajstić information content (AvgIpc) is 3.00. The lowest BCUT2D eigenvalue weighted by atomic mass is 10.0. The summed E-state index contributed by atoms with van der Waals surface area (Å²) in [5.41, 5.74) is 4.21. The van der Waals surface area contributed by atoms with E-state index in [2.05, 4.69) is 54.3 Å². The Kier molecular flexibility index (Phi) is 10.1. The Morgan fingerprint density at radius 3 is 2.00 bits per heavy atom. The molecule has 4 aromatic carbocycles. The molecular formula is C33H36N2O5S. The summed E-state index contributed by atoms with van der Waals surface area (Å²) in [6.45, 7) is 4.78. The first-order chi connectivity index (χ1) is 19.8. The number of rotatable bonds is 12. The summed E-state index contributed by atoms with van der Waals surface area (Å²) in [5, 5.41) is 1.99. The van der Waals surface area contributed by atoms with Gasteiger partial charge < -0.3 is 23.4 Å². The van der Waals surface area contributed by atoms with E-state index >= 15 is 0 Å². The molecule has 0 N–H and O–H groups in total. The molecule has 214 valence electrons. The van der Waals surface area contributed by atoms with E-state index in [9.17, 15) is 9.59 Å². The number of hydrogen-bond acceptors (Lipinski definition) is 8. The van der Waals surface area contributed by atoms with Crippen LogP contribution in [0.2, 0.25) is 0 Å². The minimum absolute atomic E-state index is 0.0579. The Morgan fingerprint density at radius 2 is 1.39 bits per heavy atom. The van der Waals surface area contributed by atoms with E-state index in [-0.39, 0.29) is 30.9 Å². The zero-order valence-electron chi connectivity index (χ0n) is 24.1. The van der Waals surface area contributed by atoms with E-state index < -0.39 is 0 Å². The number of benzene rings is 4. The molecule has 0 unspecified atom stereocenters. The van der Waals surface area contributed by atoms with Crippen molar-refractivity contribution in [2.24, 2.45) is 0 Å². The normalized spacial score (nSPS) is 11.5. The number of carbonyl (C=O) groups is 2. The molecule has 0 amide bonds. The van der Waals surface area contributed by atoms with Crippen molar-refractivity contribution >= 4 is 46.0 Å². The predicted octanol–water partition coefficient (Wildman–Crippen LogP) is 6.80. The van der Waals surface area contributed by atoms with Gasteiger partial charge >= 0.3 is 11.9 Å². The van der Waals surface area contributed by atoms with Crippen LogP contribution in [0.15, 0.2) is 89.8 Å². The van der Waals surface area contributed by atoms with Crippen LogP contribution in [0.25, 0.3) is 10.8 Å². The summed E-state index contributed by atoms with van der Waals surface area (Å²) in [6.07, 6.45) is 0.250. The minimum Gasteiger partial charge on any atom is -0.497 e. The summed E-state index contributed by atoms with van der Waals surface area (Å²) in [6, 6.07) is 28.2. The van der Waals surface area contributed by atoms with Gasteiger partial charge in [0.25, 0.3) is 0 Å². The van der Waals surface area contributed by atoms with Gasteiger partial charge in [-0.15, -0.1) is 0 Å². The molecular weight excluding hydrogens is 536 g/mol. The molecule has 0 fully saturated rings. The molecule has 0 heterocycles. The van der Waals surface area contributed by atoms with Crippen molar-refractivity contribution in [2.45, 2.75) is 37.8 Å². The molecule has 4 aromatic rings. The summed E-state index contributed by atoms with van der Waals surface area (Å²) in [4.78, 5) is 28.0. The average molecular weight is 573 g/mol. The summed E-state index contributed by atoms with van der Waals surface area (Å²) in [5.74, 6) is 0.165. The van der Waals surface area contributed by atoms with Crippen molar-refractivity contribution in [3.8, 4) is 5.75 Å². The number of hydrogen-bond donors (Lipinski definition) is 0. The molecule has 0 radical (unpaired) electrons.